The molecule has 0 unspecified atom stereocenters. The first-order valence-corrected chi connectivity index (χ1v) is 17.2. The molecule has 0 atom stereocenters. The van der Waals surface area contributed by atoms with Crippen LogP contribution in [0.15, 0.2) is 146 Å². The fraction of sp³-hybridized carbons (Fsp3) is 0.125. The van der Waals surface area contributed by atoms with Crippen molar-refractivity contribution >= 4 is 32.3 Å². The van der Waals surface area contributed by atoms with Crippen LogP contribution >= 0.6 is 0 Å². The van der Waals surface area contributed by atoms with Gasteiger partial charge in [-0.05, 0) is 111 Å². The zero-order chi connectivity index (χ0) is 32.4. The first-order valence-electron chi connectivity index (χ1n) is 17.2. The van der Waals surface area contributed by atoms with Gasteiger partial charge in [0.25, 0.3) is 0 Å². The molecule has 0 N–H and O–H groups in total. The summed E-state index contributed by atoms with van der Waals surface area (Å²) in [5.74, 6) is 0. The summed E-state index contributed by atoms with van der Waals surface area (Å²) in [4.78, 5) is 0. The molecule has 0 heterocycles. The zero-order valence-electron chi connectivity index (χ0n) is 27.9. The molecule has 8 aromatic carbocycles. The monoisotopic (exact) mass is 612 g/mol. The van der Waals surface area contributed by atoms with Crippen LogP contribution in [0.4, 0.5) is 0 Å². The standard InChI is InChI=1S/C48H36/c1-47(2)41-25-23-38-37(45(41)39-21-19-31(27-43(39)47)35-17-9-13-29-11-5-7-15-33(29)35)24-26-42-46(38)40-22-20-32(28-44(40)48(42,3)4)36-18-10-14-30-12-6-8-16-34(30)36/h5-28H,1-4H3. The Hall–Kier alpha value is -5.46. The number of rotatable bonds is 2. The van der Waals surface area contributed by atoms with E-state index < -0.39 is 0 Å². The molecule has 0 aromatic heterocycles. The van der Waals surface area contributed by atoms with Gasteiger partial charge in [0.15, 0.2) is 0 Å². The SMILES string of the molecule is CC1(C)c2cc(-c3cccc4ccccc34)ccc2-c2c1ccc1c3c(ccc21)C(C)(C)c1cc(-c2cccc4ccccc24)ccc1-3. The van der Waals surface area contributed by atoms with Crippen LogP contribution in [-0.4, -0.2) is 0 Å². The first kappa shape index (κ1) is 27.6. The summed E-state index contributed by atoms with van der Waals surface area (Å²) in [6.45, 7) is 9.60. The predicted octanol–water partition coefficient (Wildman–Crippen LogP) is 13.1. The predicted molar refractivity (Wildman–Crippen MR) is 205 cm³/mol. The molecule has 2 aliphatic rings. The summed E-state index contributed by atoms with van der Waals surface area (Å²) in [7, 11) is 0. The average Bonchev–Trinajstić information content (AvgIpc) is 3.50. The minimum absolute atomic E-state index is 0.0942. The minimum Gasteiger partial charge on any atom is -0.0616 e. The second-order valence-corrected chi connectivity index (χ2v) is 14.9. The van der Waals surface area contributed by atoms with Crippen LogP contribution in [0.2, 0.25) is 0 Å². The summed E-state index contributed by atoms with van der Waals surface area (Å²) < 4.78 is 0. The van der Waals surface area contributed by atoms with Crippen molar-refractivity contribution in [2.75, 3.05) is 0 Å². The molecule has 0 amide bonds. The van der Waals surface area contributed by atoms with E-state index in [1.165, 1.54) is 99.1 Å². The molecule has 0 bridgehead atoms. The maximum absolute atomic E-state index is 2.46. The van der Waals surface area contributed by atoms with Gasteiger partial charge in [-0.1, -0.05) is 161 Å². The van der Waals surface area contributed by atoms with Crippen molar-refractivity contribution in [1.82, 2.24) is 0 Å². The van der Waals surface area contributed by atoms with E-state index in [0.717, 1.165) is 0 Å². The highest BCUT2D eigenvalue weighted by molar-refractivity contribution is 6.11. The lowest BCUT2D eigenvalue weighted by Crippen LogP contribution is -2.15. The Morgan fingerprint density at radius 1 is 0.312 bits per heavy atom. The molecule has 0 spiro atoms. The van der Waals surface area contributed by atoms with Crippen molar-refractivity contribution in [3.05, 3.63) is 168 Å². The van der Waals surface area contributed by atoms with E-state index in [-0.39, 0.29) is 10.8 Å². The maximum atomic E-state index is 2.46. The lowest BCUT2D eigenvalue weighted by molar-refractivity contribution is 0.660. The summed E-state index contributed by atoms with van der Waals surface area (Å²) in [6, 6.07) is 54.8. The van der Waals surface area contributed by atoms with Crippen LogP contribution in [0.1, 0.15) is 49.9 Å². The Bertz CT molecular complexity index is 2470. The highest BCUT2D eigenvalue weighted by Gasteiger charge is 2.40. The van der Waals surface area contributed by atoms with Crippen molar-refractivity contribution in [1.29, 1.82) is 0 Å². The van der Waals surface area contributed by atoms with E-state index in [0.29, 0.717) is 0 Å². The third kappa shape index (κ3) is 3.61. The van der Waals surface area contributed by atoms with E-state index in [1.807, 2.05) is 0 Å². The van der Waals surface area contributed by atoms with Gasteiger partial charge in [0.05, 0.1) is 0 Å². The number of hydrogen-bond donors (Lipinski definition) is 0. The molecule has 8 aromatic rings. The molecule has 0 aliphatic heterocycles. The van der Waals surface area contributed by atoms with E-state index in [2.05, 4.69) is 173 Å². The topological polar surface area (TPSA) is 0 Å². The van der Waals surface area contributed by atoms with Gasteiger partial charge in [-0.15, -0.1) is 0 Å². The van der Waals surface area contributed by atoms with Crippen LogP contribution in [-0.2, 0) is 10.8 Å². The Balaban J connectivity index is 1.16. The second kappa shape index (κ2) is 9.55. The van der Waals surface area contributed by atoms with Gasteiger partial charge < -0.3 is 0 Å². The largest absolute Gasteiger partial charge is 0.0616 e. The quantitative estimate of drug-likeness (QED) is 0.182. The molecule has 2 aliphatic carbocycles. The lowest BCUT2D eigenvalue weighted by Gasteiger charge is -2.23. The molecule has 10 rings (SSSR count). The summed E-state index contributed by atoms with van der Waals surface area (Å²) in [5.41, 5.74) is 16.2. The molecule has 228 valence electrons. The highest BCUT2D eigenvalue weighted by atomic mass is 14.4. The van der Waals surface area contributed by atoms with E-state index in [1.54, 1.807) is 0 Å². The smallest absolute Gasteiger partial charge is 0.0159 e. The molecule has 0 saturated carbocycles. The Morgan fingerprint density at radius 2 is 0.729 bits per heavy atom. The first-order chi connectivity index (χ1) is 23.3. The summed E-state index contributed by atoms with van der Waals surface area (Å²) >= 11 is 0. The van der Waals surface area contributed by atoms with Gasteiger partial charge >= 0.3 is 0 Å². The van der Waals surface area contributed by atoms with Crippen LogP contribution in [0, 0.1) is 0 Å². The van der Waals surface area contributed by atoms with Crippen LogP contribution in [0.3, 0.4) is 0 Å². The molecule has 48 heavy (non-hydrogen) atoms. The van der Waals surface area contributed by atoms with Crippen molar-refractivity contribution in [3.8, 4) is 44.5 Å². The number of hydrogen-bond acceptors (Lipinski definition) is 0. The molecule has 0 radical (unpaired) electrons. The normalized spacial score (nSPS) is 15.0. The fourth-order valence-corrected chi connectivity index (χ4v) is 9.17. The van der Waals surface area contributed by atoms with Gasteiger partial charge in [0, 0.05) is 10.8 Å². The Labute approximate surface area is 282 Å². The van der Waals surface area contributed by atoms with E-state index in [9.17, 15) is 0 Å². The van der Waals surface area contributed by atoms with Crippen molar-refractivity contribution < 1.29 is 0 Å². The third-order valence-electron chi connectivity index (χ3n) is 11.7. The molecule has 0 nitrogen and oxygen atoms in total. The van der Waals surface area contributed by atoms with Gasteiger partial charge in [0.2, 0.25) is 0 Å². The maximum Gasteiger partial charge on any atom is 0.0159 e. The third-order valence-corrected chi connectivity index (χ3v) is 11.7. The number of fused-ring (bicyclic) bond motifs is 11. The minimum atomic E-state index is -0.0942. The van der Waals surface area contributed by atoms with Crippen LogP contribution < -0.4 is 0 Å². The van der Waals surface area contributed by atoms with Crippen molar-refractivity contribution in [2.45, 2.75) is 38.5 Å². The summed E-state index contributed by atoms with van der Waals surface area (Å²) in [5, 5.41) is 7.89. The van der Waals surface area contributed by atoms with Crippen molar-refractivity contribution in [2.24, 2.45) is 0 Å². The van der Waals surface area contributed by atoms with Gasteiger partial charge in [0.1, 0.15) is 0 Å². The second-order valence-electron chi connectivity index (χ2n) is 14.9. The average molecular weight is 613 g/mol. The molecule has 0 fully saturated rings. The molecular weight excluding hydrogens is 577 g/mol. The Kier molecular flexibility index (Phi) is 5.50. The fourth-order valence-electron chi connectivity index (χ4n) is 9.17. The zero-order valence-corrected chi connectivity index (χ0v) is 27.9. The van der Waals surface area contributed by atoms with Crippen LogP contribution in [0.5, 0.6) is 0 Å². The highest BCUT2D eigenvalue weighted by Crippen LogP contribution is 2.57. The van der Waals surface area contributed by atoms with Crippen molar-refractivity contribution in [3.63, 3.8) is 0 Å². The molecular formula is C48H36. The Morgan fingerprint density at radius 3 is 1.19 bits per heavy atom. The number of benzene rings is 8. The molecule has 0 saturated heterocycles. The van der Waals surface area contributed by atoms with Crippen LogP contribution in [0.25, 0.3) is 76.8 Å². The van der Waals surface area contributed by atoms with E-state index in [4.69, 9.17) is 0 Å². The van der Waals surface area contributed by atoms with Gasteiger partial charge in [-0.2, -0.15) is 0 Å². The van der Waals surface area contributed by atoms with Gasteiger partial charge in [-0.3, -0.25) is 0 Å². The molecule has 0 heteroatoms. The van der Waals surface area contributed by atoms with E-state index >= 15 is 0 Å². The van der Waals surface area contributed by atoms with Gasteiger partial charge in [-0.25, -0.2) is 0 Å². The summed E-state index contributed by atoms with van der Waals surface area (Å²) in [6.07, 6.45) is 0. The lowest BCUT2D eigenvalue weighted by atomic mass is 9.80.